The van der Waals surface area contributed by atoms with Crippen LogP contribution < -0.4 is 0 Å². The standard InChI is InChI=1S/C27H20O2/c28-26(23-16-14-22(15-17-23)21-9-3-1-4-10-21)19-20-8-7-13-25(18-20)27(29)24-11-5-2-6-12-24/h1-18H,19H2. The Morgan fingerprint density at radius 3 is 1.79 bits per heavy atom. The van der Waals surface area contributed by atoms with E-state index in [1.807, 2.05) is 91.0 Å². The second-order valence-electron chi connectivity index (χ2n) is 6.94. The van der Waals surface area contributed by atoms with Gasteiger partial charge in [0.15, 0.2) is 11.6 Å². The van der Waals surface area contributed by atoms with Crippen molar-refractivity contribution in [2.45, 2.75) is 6.42 Å². The van der Waals surface area contributed by atoms with Gasteiger partial charge < -0.3 is 0 Å². The molecule has 0 aromatic heterocycles. The monoisotopic (exact) mass is 376 g/mol. The van der Waals surface area contributed by atoms with Crippen molar-refractivity contribution < 1.29 is 9.59 Å². The molecule has 0 aliphatic carbocycles. The number of ketones is 2. The van der Waals surface area contributed by atoms with Crippen LogP contribution in [0, 0.1) is 0 Å². The van der Waals surface area contributed by atoms with E-state index < -0.39 is 0 Å². The summed E-state index contributed by atoms with van der Waals surface area (Å²) < 4.78 is 0. The van der Waals surface area contributed by atoms with Crippen molar-refractivity contribution in [3.05, 3.63) is 131 Å². The van der Waals surface area contributed by atoms with Crippen LogP contribution in [0.2, 0.25) is 0 Å². The first-order valence-corrected chi connectivity index (χ1v) is 9.58. The predicted octanol–water partition coefficient (Wildman–Crippen LogP) is 6.01. The van der Waals surface area contributed by atoms with Crippen LogP contribution in [-0.4, -0.2) is 11.6 Å². The Balaban J connectivity index is 1.49. The number of benzene rings is 4. The minimum absolute atomic E-state index is 0.0351. The van der Waals surface area contributed by atoms with Crippen molar-refractivity contribution in [2.75, 3.05) is 0 Å². The maximum atomic E-state index is 12.7. The molecule has 2 nitrogen and oxygen atoms in total. The van der Waals surface area contributed by atoms with Gasteiger partial charge in [0.25, 0.3) is 0 Å². The Labute approximate surface area is 170 Å². The third kappa shape index (κ3) is 4.39. The molecule has 0 unspecified atom stereocenters. The second-order valence-corrected chi connectivity index (χ2v) is 6.94. The highest BCUT2D eigenvalue weighted by Crippen LogP contribution is 2.20. The molecule has 4 aromatic carbocycles. The van der Waals surface area contributed by atoms with Gasteiger partial charge >= 0.3 is 0 Å². The summed E-state index contributed by atoms with van der Waals surface area (Å²) in [6.07, 6.45) is 0.264. The molecule has 0 saturated carbocycles. The van der Waals surface area contributed by atoms with Gasteiger partial charge in [-0.15, -0.1) is 0 Å². The number of hydrogen-bond donors (Lipinski definition) is 0. The summed E-state index contributed by atoms with van der Waals surface area (Å²) in [5, 5.41) is 0. The molecule has 2 heteroatoms. The fraction of sp³-hybridized carbons (Fsp3) is 0.0370. The van der Waals surface area contributed by atoms with Crippen molar-refractivity contribution in [3.63, 3.8) is 0 Å². The van der Waals surface area contributed by atoms with Crippen molar-refractivity contribution in [3.8, 4) is 11.1 Å². The fourth-order valence-electron chi connectivity index (χ4n) is 3.35. The van der Waals surface area contributed by atoms with Gasteiger partial charge in [-0.25, -0.2) is 0 Å². The lowest BCUT2D eigenvalue weighted by atomic mass is 9.97. The molecule has 4 rings (SSSR count). The van der Waals surface area contributed by atoms with Crippen LogP contribution in [0.15, 0.2) is 109 Å². The molecule has 0 aliphatic rings. The van der Waals surface area contributed by atoms with Gasteiger partial charge in [0, 0.05) is 23.1 Å². The molecule has 0 bridgehead atoms. The number of carbonyl (C=O) groups excluding carboxylic acids is 2. The van der Waals surface area contributed by atoms with Crippen molar-refractivity contribution in [1.82, 2.24) is 0 Å². The van der Waals surface area contributed by atoms with E-state index in [0.717, 1.165) is 16.7 Å². The zero-order chi connectivity index (χ0) is 20.1. The average Bonchev–Trinajstić information content (AvgIpc) is 2.80. The topological polar surface area (TPSA) is 34.1 Å². The molecule has 0 heterocycles. The average molecular weight is 376 g/mol. The maximum Gasteiger partial charge on any atom is 0.193 e. The van der Waals surface area contributed by atoms with Crippen LogP contribution in [0.25, 0.3) is 11.1 Å². The Morgan fingerprint density at radius 1 is 0.517 bits per heavy atom. The summed E-state index contributed by atoms with van der Waals surface area (Å²) in [5.74, 6) is 0.000958. The zero-order valence-corrected chi connectivity index (χ0v) is 15.9. The molecule has 4 aromatic rings. The number of hydrogen-bond acceptors (Lipinski definition) is 2. The van der Waals surface area contributed by atoms with E-state index in [1.165, 1.54) is 0 Å². The lowest BCUT2D eigenvalue weighted by Gasteiger charge is -2.06. The molecule has 0 amide bonds. The lowest BCUT2D eigenvalue weighted by Crippen LogP contribution is -2.06. The molecule has 0 radical (unpaired) electrons. The van der Waals surface area contributed by atoms with Crippen LogP contribution in [-0.2, 0) is 6.42 Å². The first-order valence-electron chi connectivity index (χ1n) is 9.58. The third-order valence-corrected chi connectivity index (χ3v) is 4.90. The summed E-state index contributed by atoms with van der Waals surface area (Å²) in [4.78, 5) is 25.4. The van der Waals surface area contributed by atoms with E-state index in [1.54, 1.807) is 18.2 Å². The summed E-state index contributed by atoms with van der Waals surface area (Å²) in [5.41, 5.74) is 4.96. The minimum atomic E-state index is -0.0351. The first-order chi connectivity index (χ1) is 14.2. The van der Waals surface area contributed by atoms with Crippen LogP contribution in [0.1, 0.15) is 31.8 Å². The predicted molar refractivity (Wildman–Crippen MR) is 116 cm³/mol. The maximum absolute atomic E-state index is 12.7. The number of carbonyl (C=O) groups is 2. The van der Waals surface area contributed by atoms with Gasteiger partial charge in [-0.2, -0.15) is 0 Å². The molecule has 0 spiro atoms. The van der Waals surface area contributed by atoms with Crippen molar-refractivity contribution >= 4 is 11.6 Å². The van der Waals surface area contributed by atoms with Crippen LogP contribution in [0.3, 0.4) is 0 Å². The van der Waals surface area contributed by atoms with E-state index in [-0.39, 0.29) is 18.0 Å². The highest BCUT2D eigenvalue weighted by molar-refractivity contribution is 6.09. The summed E-state index contributed by atoms with van der Waals surface area (Å²) >= 11 is 0. The molecule has 0 saturated heterocycles. The molecule has 0 fully saturated rings. The highest BCUT2D eigenvalue weighted by atomic mass is 16.1. The van der Waals surface area contributed by atoms with Gasteiger partial charge in [0.05, 0.1) is 0 Å². The molecule has 0 aliphatic heterocycles. The van der Waals surface area contributed by atoms with Gasteiger partial charge in [-0.3, -0.25) is 9.59 Å². The second kappa shape index (κ2) is 8.49. The van der Waals surface area contributed by atoms with E-state index >= 15 is 0 Å². The van der Waals surface area contributed by atoms with E-state index in [2.05, 4.69) is 0 Å². The van der Waals surface area contributed by atoms with E-state index in [0.29, 0.717) is 16.7 Å². The molecule has 0 atom stereocenters. The summed E-state index contributed by atoms with van der Waals surface area (Å²) in [6, 6.07) is 34.2. The smallest absolute Gasteiger partial charge is 0.193 e. The molecular formula is C27H20O2. The quantitative estimate of drug-likeness (QED) is 0.386. The molecular weight excluding hydrogens is 356 g/mol. The third-order valence-electron chi connectivity index (χ3n) is 4.90. The number of Topliss-reactive ketones (excluding diaryl/α,β-unsaturated/α-hetero) is 1. The van der Waals surface area contributed by atoms with Gasteiger partial charge in [-0.05, 0) is 22.8 Å². The van der Waals surface area contributed by atoms with Crippen LogP contribution in [0.4, 0.5) is 0 Å². The van der Waals surface area contributed by atoms with E-state index in [9.17, 15) is 9.59 Å². The van der Waals surface area contributed by atoms with Crippen LogP contribution in [0.5, 0.6) is 0 Å². The van der Waals surface area contributed by atoms with Crippen LogP contribution >= 0.6 is 0 Å². The Kier molecular flexibility index (Phi) is 5.44. The Hall–Kier alpha value is -3.78. The zero-order valence-electron chi connectivity index (χ0n) is 15.9. The number of rotatable bonds is 6. The van der Waals surface area contributed by atoms with Gasteiger partial charge in [0.1, 0.15) is 0 Å². The fourth-order valence-corrected chi connectivity index (χ4v) is 3.35. The minimum Gasteiger partial charge on any atom is -0.294 e. The highest BCUT2D eigenvalue weighted by Gasteiger charge is 2.12. The summed E-state index contributed by atoms with van der Waals surface area (Å²) in [6.45, 7) is 0. The van der Waals surface area contributed by atoms with Gasteiger partial charge in [0.2, 0.25) is 0 Å². The largest absolute Gasteiger partial charge is 0.294 e. The van der Waals surface area contributed by atoms with Crippen molar-refractivity contribution in [1.29, 1.82) is 0 Å². The molecule has 140 valence electrons. The van der Waals surface area contributed by atoms with E-state index in [4.69, 9.17) is 0 Å². The normalized spacial score (nSPS) is 10.5. The summed E-state index contributed by atoms with van der Waals surface area (Å²) in [7, 11) is 0. The Bertz CT molecular complexity index is 1130. The SMILES string of the molecule is O=C(Cc1cccc(C(=O)c2ccccc2)c1)c1ccc(-c2ccccc2)cc1. The van der Waals surface area contributed by atoms with Crippen molar-refractivity contribution in [2.24, 2.45) is 0 Å². The first kappa shape index (κ1) is 18.6. The molecule has 0 N–H and O–H groups in total. The molecule has 29 heavy (non-hydrogen) atoms. The Morgan fingerprint density at radius 2 is 1.10 bits per heavy atom. The van der Waals surface area contributed by atoms with Gasteiger partial charge in [-0.1, -0.05) is 103 Å². The lowest BCUT2D eigenvalue weighted by molar-refractivity contribution is 0.0990.